The number of nitrogens with zero attached hydrogens (tertiary/aromatic N) is 3. The van der Waals surface area contributed by atoms with Crippen molar-refractivity contribution in [3.63, 3.8) is 0 Å². The lowest BCUT2D eigenvalue weighted by Crippen LogP contribution is -2.54. The first kappa shape index (κ1) is 23.9. The monoisotopic (exact) mass is 487 g/mol. The van der Waals surface area contributed by atoms with Crippen LogP contribution >= 0.6 is 0 Å². The molecule has 0 N–H and O–H groups in total. The Morgan fingerprint density at radius 2 is 1.53 bits per heavy atom. The smallest absolute Gasteiger partial charge is 0.228 e. The first-order valence-corrected chi connectivity index (χ1v) is 12.4. The minimum atomic E-state index is -0.514. The third-order valence-electron chi connectivity index (χ3n) is 7.19. The number of ether oxygens (including phenoxy) is 1. The van der Waals surface area contributed by atoms with Crippen molar-refractivity contribution < 1.29 is 18.7 Å². The van der Waals surface area contributed by atoms with E-state index in [1.165, 1.54) is 12.1 Å². The molecule has 2 fully saturated rings. The van der Waals surface area contributed by atoms with E-state index in [0.717, 1.165) is 24.3 Å². The molecule has 0 aromatic heterocycles. The van der Waals surface area contributed by atoms with Crippen molar-refractivity contribution in [3.05, 3.63) is 90.2 Å². The number of anilines is 2. The number of amides is 2. The quantitative estimate of drug-likeness (QED) is 0.525. The molecule has 3 aromatic rings. The Balaban J connectivity index is 1.42. The van der Waals surface area contributed by atoms with Crippen molar-refractivity contribution in [2.24, 2.45) is 5.92 Å². The fraction of sp³-hybridized carbons (Fsp3) is 0.310. The van der Waals surface area contributed by atoms with E-state index in [1.807, 2.05) is 35.2 Å². The van der Waals surface area contributed by atoms with E-state index in [-0.39, 0.29) is 24.1 Å². The van der Waals surface area contributed by atoms with E-state index in [2.05, 4.69) is 17.0 Å². The summed E-state index contributed by atoms with van der Waals surface area (Å²) < 4.78 is 19.1. The summed E-state index contributed by atoms with van der Waals surface area (Å²) in [6.45, 7) is 2.75. The second kappa shape index (κ2) is 10.4. The first-order chi connectivity index (χ1) is 17.5. The van der Waals surface area contributed by atoms with Gasteiger partial charge in [0.15, 0.2) is 0 Å². The van der Waals surface area contributed by atoms with E-state index in [0.29, 0.717) is 30.9 Å². The van der Waals surface area contributed by atoms with Gasteiger partial charge >= 0.3 is 0 Å². The molecule has 2 aliphatic heterocycles. The Hall–Kier alpha value is -3.87. The van der Waals surface area contributed by atoms with Crippen molar-refractivity contribution in [1.29, 1.82) is 0 Å². The van der Waals surface area contributed by atoms with Crippen molar-refractivity contribution in [3.8, 4) is 5.75 Å². The van der Waals surface area contributed by atoms with E-state index < -0.39 is 12.0 Å². The van der Waals surface area contributed by atoms with Crippen LogP contribution in [0.25, 0.3) is 0 Å². The fourth-order valence-corrected chi connectivity index (χ4v) is 5.30. The Bertz CT molecular complexity index is 1190. The van der Waals surface area contributed by atoms with Gasteiger partial charge in [0, 0.05) is 44.0 Å². The number of piperidine rings is 1. The Morgan fingerprint density at radius 3 is 2.17 bits per heavy atom. The highest BCUT2D eigenvalue weighted by molar-refractivity contribution is 5.97. The number of para-hydroxylation sites is 1. The average molecular weight is 488 g/mol. The summed E-state index contributed by atoms with van der Waals surface area (Å²) in [5.74, 6) is -0.0868. The molecule has 2 aliphatic rings. The zero-order valence-corrected chi connectivity index (χ0v) is 20.3. The van der Waals surface area contributed by atoms with Crippen LogP contribution in [0.15, 0.2) is 78.9 Å². The Morgan fingerprint density at radius 1 is 0.861 bits per heavy atom. The summed E-state index contributed by atoms with van der Waals surface area (Å²) in [5.41, 5.74) is 2.60. The zero-order chi connectivity index (χ0) is 25.1. The molecule has 0 unspecified atom stereocenters. The lowest BCUT2D eigenvalue weighted by Gasteiger charge is -2.44. The summed E-state index contributed by atoms with van der Waals surface area (Å²) in [6.07, 6.45) is 0.745. The van der Waals surface area contributed by atoms with Gasteiger partial charge in [-0.1, -0.05) is 30.3 Å². The van der Waals surface area contributed by atoms with Gasteiger partial charge < -0.3 is 19.4 Å². The van der Waals surface area contributed by atoms with Crippen LogP contribution in [-0.4, -0.2) is 50.0 Å². The maximum absolute atomic E-state index is 13.9. The predicted molar refractivity (Wildman–Crippen MR) is 138 cm³/mol. The summed E-state index contributed by atoms with van der Waals surface area (Å²) in [6, 6.07) is 23.1. The number of hydrogen-bond donors (Lipinski definition) is 0. The lowest BCUT2D eigenvalue weighted by molar-refractivity contribution is -0.138. The normalized spacial score (nSPS) is 20.4. The van der Waals surface area contributed by atoms with Gasteiger partial charge in [-0.3, -0.25) is 9.59 Å². The number of hydrogen-bond acceptors (Lipinski definition) is 4. The van der Waals surface area contributed by atoms with E-state index >= 15 is 0 Å². The molecule has 3 aromatic carbocycles. The van der Waals surface area contributed by atoms with E-state index in [4.69, 9.17) is 4.74 Å². The number of carbonyl (C=O) groups is 2. The standard InChI is InChI=1S/C29H30FN3O3/c1-36-25-13-11-24(12-14-25)33-27(34)16-15-26(28(33)21-7-9-22(30)10-8-21)29(35)32-19-17-31(18-20-32)23-5-3-2-4-6-23/h2-14,26,28H,15-20H2,1H3/t26-,28-/m0/s1. The van der Waals surface area contributed by atoms with Crippen molar-refractivity contribution in [1.82, 2.24) is 4.90 Å². The largest absolute Gasteiger partial charge is 0.497 e. The molecule has 0 spiro atoms. The Kier molecular flexibility index (Phi) is 6.89. The van der Waals surface area contributed by atoms with Gasteiger partial charge in [-0.2, -0.15) is 0 Å². The summed E-state index contributed by atoms with van der Waals surface area (Å²) in [5, 5.41) is 0. The third-order valence-corrected chi connectivity index (χ3v) is 7.19. The molecule has 7 heteroatoms. The Labute approximate surface area is 210 Å². The average Bonchev–Trinajstić information content (AvgIpc) is 2.94. The van der Waals surface area contributed by atoms with E-state index in [9.17, 15) is 14.0 Å². The molecule has 36 heavy (non-hydrogen) atoms. The zero-order valence-electron chi connectivity index (χ0n) is 20.3. The molecule has 2 heterocycles. The van der Waals surface area contributed by atoms with Crippen molar-refractivity contribution >= 4 is 23.2 Å². The fourth-order valence-electron chi connectivity index (χ4n) is 5.30. The summed E-state index contributed by atoms with van der Waals surface area (Å²) in [4.78, 5) is 33.1. The molecule has 0 saturated carbocycles. The molecular weight excluding hydrogens is 457 g/mol. The molecule has 0 bridgehead atoms. The van der Waals surface area contributed by atoms with Gasteiger partial charge in [0.1, 0.15) is 11.6 Å². The van der Waals surface area contributed by atoms with Crippen LogP contribution in [0.2, 0.25) is 0 Å². The molecule has 0 aliphatic carbocycles. The second-order valence-corrected chi connectivity index (χ2v) is 9.25. The number of halogens is 1. The molecule has 5 rings (SSSR count). The first-order valence-electron chi connectivity index (χ1n) is 12.4. The molecule has 2 saturated heterocycles. The number of benzene rings is 3. The summed E-state index contributed by atoms with van der Waals surface area (Å²) >= 11 is 0. The third kappa shape index (κ3) is 4.78. The van der Waals surface area contributed by atoms with Crippen LogP contribution < -0.4 is 14.5 Å². The molecule has 6 nitrogen and oxygen atoms in total. The summed E-state index contributed by atoms with van der Waals surface area (Å²) in [7, 11) is 1.59. The highest BCUT2D eigenvalue weighted by Gasteiger charge is 2.43. The van der Waals surface area contributed by atoms with Gasteiger partial charge in [-0.05, 0) is 60.5 Å². The number of methoxy groups -OCH3 is 1. The van der Waals surface area contributed by atoms with E-state index in [1.54, 1.807) is 36.3 Å². The minimum Gasteiger partial charge on any atom is -0.497 e. The van der Waals surface area contributed by atoms with Crippen LogP contribution in [0.3, 0.4) is 0 Å². The van der Waals surface area contributed by atoms with Gasteiger partial charge in [0.2, 0.25) is 11.8 Å². The molecule has 2 atom stereocenters. The molecule has 2 amide bonds. The lowest BCUT2D eigenvalue weighted by atomic mass is 9.82. The van der Waals surface area contributed by atoms with Crippen molar-refractivity contribution in [2.45, 2.75) is 18.9 Å². The van der Waals surface area contributed by atoms with Gasteiger partial charge in [-0.25, -0.2) is 4.39 Å². The minimum absolute atomic E-state index is 0.0445. The van der Waals surface area contributed by atoms with Gasteiger partial charge in [0.25, 0.3) is 0 Å². The van der Waals surface area contributed by atoms with Crippen LogP contribution in [-0.2, 0) is 9.59 Å². The van der Waals surface area contributed by atoms with Crippen LogP contribution in [0, 0.1) is 11.7 Å². The topological polar surface area (TPSA) is 53.1 Å². The SMILES string of the molecule is COc1ccc(N2C(=O)CC[C@H](C(=O)N3CCN(c4ccccc4)CC3)[C@@H]2c2ccc(F)cc2)cc1. The highest BCUT2D eigenvalue weighted by Crippen LogP contribution is 2.41. The molecular formula is C29H30FN3O3. The highest BCUT2D eigenvalue weighted by atomic mass is 19.1. The maximum atomic E-state index is 13.9. The molecule has 186 valence electrons. The maximum Gasteiger partial charge on any atom is 0.228 e. The van der Waals surface area contributed by atoms with Crippen LogP contribution in [0.1, 0.15) is 24.4 Å². The predicted octanol–water partition coefficient (Wildman–Crippen LogP) is 4.67. The van der Waals surface area contributed by atoms with Crippen molar-refractivity contribution in [2.75, 3.05) is 43.1 Å². The van der Waals surface area contributed by atoms with Gasteiger partial charge in [-0.15, -0.1) is 0 Å². The number of rotatable bonds is 5. The second-order valence-electron chi connectivity index (χ2n) is 9.25. The van der Waals surface area contributed by atoms with Crippen LogP contribution in [0.5, 0.6) is 5.75 Å². The molecule has 0 radical (unpaired) electrons. The van der Waals surface area contributed by atoms with Crippen LogP contribution in [0.4, 0.5) is 15.8 Å². The number of carbonyl (C=O) groups excluding carboxylic acids is 2. The van der Waals surface area contributed by atoms with Gasteiger partial charge in [0.05, 0.1) is 19.1 Å². The number of piperazine rings is 1.